The van der Waals surface area contributed by atoms with Crippen LogP contribution in [-0.2, 0) is 4.79 Å². The zero-order valence-corrected chi connectivity index (χ0v) is 11.4. The number of carbonyl (C=O) groups is 1. The van der Waals surface area contributed by atoms with Crippen molar-refractivity contribution < 1.29 is 4.79 Å². The molecule has 0 aliphatic heterocycles. The SMILES string of the molecule is CC(=O)SCCC=Cc1ccc(-c2nn[nH]n2)cc1. The van der Waals surface area contributed by atoms with E-state index in [1.54, 1.807) is 6.92 Å². The second kappa shape index (κ2) is 6.84. The van der Waals surface area contributed by atoms with Gasteiger partial charge in [-0.15, -0.1) is 10.2 Å². The second-order valence-electron chi connectivity index (χ2n) is 3.89. The van der Waals surface area contributed by atoms with Crippen molar-refractivity contribution in [3.63, 3.8) is 0 Å². The normalized spacial score (nSPS) is 11.0. The quantitative estimate of drug-likeness (QED) is 0.848. The number of nitrogens with zero attached hydrogens (tertiary/aromatic N) is 3. The number of carbonyl (C=O) groups excluding carboxylic acids is 1. The average molecular weight is 274 g/mol. The molecule has 0 aliphatic carbocycles. The van der Waals surface area contributed by atoms with Gasteiger partial charge in [-0.3, -0.25) is 4.79 Å². The molecular formula is C13H14N4OS. The average Bonchev–Trinajstić information content (AvgIpc) is 2.93. The van der Waals surface area contributed by atoms with Gasteiger partial charge in [-0.25, -0.2) is 0 Å². The summed E-state index contributed by atoms with van der Waals surface area (Å²) in [6.45, 7) is 1.59. The van der Waals surface area contributed by atoms with E-state index in [2.05, 4.69) is 26.7 Å². The van der Waals surface area contributed by atoms with Gasteiger partial charge in [0.15, 0.2) is 5.12 Å². The molecule has 0 saturated carbocycles. The Labute approximate surface area is 115 Å². The summed E-state index contributed by atoms with van der Waals surface area (Å²) in [5.41, 5.74) is 2.04. The maximum absolute atomic E-state index is 10.7. The van der Waals surface area contributed by atoms with E-state index in [0.717, 1.165) is 23.3 Å². The Balaban J connectivity index is 1.88. The fraction of sp³-hybridized carbons (Fsp3) is 0.231. The zero-order valence-electron chi connectivity index (χ0n) is 10.5. The minimum atomic E-state index is 0.165. The number of aromatic nitrogens is 4. The van der Waals surface area contributed by atoms with E-state index < -0.39 is 0 Å². The lowest BCUT2D eigenvalue weighted by atomic mass is 10.1. The molecule has 0 atom stereocenters. The van der Waals surface area contributed by atoms with Crippen molar-refractivity contribution in [2.75, 3.05) is 5.75 Å². The van der Waals surface area contributed by atoms with Crippen LogP contribution in [0.3, 0.4) is 0 Å². The highest BCUT2D eigenvalue weighted by molar-refractivity contribution is 8.13. The van der Waals surface area contributed by atoms with Gasteiger partial charge in [0.25, 0.3) is 0 Å². The van der Waals surface area contributed by atoms with E-state index in [4.69, 9.17) is 0 Å². The van der Waals surface area contributed by atoms with Crippen LogP contribution < -0.4 is 0 Å². The summed E-state index contributed by atoms with van der Waals surface area (Å²) < 4.78 is 0. The standard InChI is InChI=1S/C13H14N4OS/c1-10(18)19-9-3-2-4-11-5-7-12(8-6-11)13-14-16-17-15-13/h2,4-8H,3,9H2,1H3,(H,14,15,16,17). The number of benzene rings is 1. The Morgan fingerprint density at radius 2 is 2.16 bits per heavy atom. The summed E-state index contributed by atoms with van der Waals surface area (Å²) in [7, 11) is 0. The predicted molar refractivity (Wildman–Crippen MR) is 76.4 cm³/mol. The van der Waals surface area contributed by atoms with Gasteiger partial charge in [0, 0.05) is 18.2 Å². The van der Waals surface area contributed by atoms with Gasteiger partial charge in [0.1, 0.15) is 0 Å². The molecular weight excluding hydrogens is 260 g/mol. The van der Waals surface area contributed by atoms with Crippen molar-refractivity contribution in [3.05, 3.63) is 35.9 Å². The van der Waals surface area contributed by atoms with E-state index in [1.165, 1.54) is 11.8 Å². The monoisotopic (exact) mass is 274 g/mol. The minimum absolute atomic E-state index is 0.165. The Morgan fingerprint density at radius 1 is 1.37 bits per heavy atom. The number of tetrazole rings is 1. The molecule has 0 spiro atoms. The van der Waals surface area contributed by atoms with Crippen LogP contribution in [0.25, 0.3) is 17.5 Å². The maximum atomic E-state index is 10.7. The van der Waals surface area contributed by atoms with Gasteiger partial charge >= 0.3 is 0 Å². The van der Waals surface area contributed by atoms with Crippen LogP contribution in [0.2, 0.25) is 0 Å². The predicted octanol–water partition coefficient (Wildman–Crippen LogP) is 2.55. The summed E-state index contributed by atoms with van der Waals surface area (Å²) in [5.74, 6) is 1.42. The Hall–Kier alpha value is -1.95. The third kappa shape index (κ3) is 4.33. The number of rotatable bonds is 5. The van der Waals surface area contributed by atoms with E-state index >= 15 is 0 Å². The minimum Gasteiger partial charge on any atom is -0.288 e. The van der Waals surface area contributed by atoms with Crippen LogP contribution in [0.1, 0.15) is 18.9 Å². The first kappa shape index (κ1) is 13.5. The molecule has 0 saturated heterocycles. The lowest BCUT2D eigenvalue weighted by molar-refractivity contribution is -0.109. The molecule has 1 heterocycles. The van der Waals surface area contributed by atoms with Gasteiger partial charge in [0.05, 0.1) is 0 Å². The third-order valence-corrected chi connectivity index (χ3v) is 3.26. The Kier molecular flexibility index (Phi) is 4.85. The number of hydrogen-bond donors (Lipinski definition) is 1. The molecule has 0 aliphatic rings. The summed E-state index contributed by atoms with van der Waals surface area (Å²) in [4.78, 5) is 10.7. The van der Waals surface area contributed by atoms with Crippen LogP contribution in [0.5, 0.6) is 0 Å². The van der Waals surface area contributed by atoms with E-state index in [0.29, 0.717) is 5.82 Å². The molecule has 2 aromatic rings. The summed E-state index contributed by atoms with van der Waals surface area (Å²) in [5, 5.41) is 14.0. The van der Waals surface area contributed by atoms with E-state index in [9.17, 15) is 4.79 Å². The van der Waals surface area contributed by atoms with Gasteiger partial charge in [-0.05, 0) is 17.2 Å². The van der Waals surface area contributed by atoms with Gasteiger partial charge < -0.3 is 0 Å². The van der Waals surface area contributed by atoms with Crippen LogP contribution in [0.15, 0.2) is 30.3 Å². The molecule has 5 nitrogen and oxygen atoms in total. The lowest BCUT2D eigenvalue weighted by Gasteiger charge is -1.96. The molecule has 1 aromatic carbocycles. The van der Waals surface area contributed by atoms with E-state index in [-0.39, 0.29) is 5.12 Å². The molecule has 2 rings (SSSR count). The molecule has 6 heteroatoms. The highest BCUT2D eigenvalue weighted by Crippen LogP contribution is 2.15. The van der Waals surface area contributed by atoms with Crippen LogP contribution >= 0.6 is 11.8 Å². The topological polar surface area (TPSA) is 71.5 Å². The van der Waals surface area contributed by atoms with Crippen molar-refractivity contribution in [1.29, 1.82) is 0 Å². The second-order valence-corrected chi connectivity index (χ2v) is 5.16. The van der Waals surface area contributed by atoms with Crippen LogP contribution in [0.4, 0.5) is 0 Å². The number of hydrogen-bond acceptors (Lipinski definition) is 5. The summed E-state index contributed by atoms with van der Waals surface area (Å²) in [6.07, 6.45) is 5.00. The van der Waals surface area contributed by atoms with E-state index in [1.807, 2.05) is 30.3 Å². The number of allylic oxidation sites excluding steroid dienone is 1. The zero-order chi connectivity index (χ0) is 13.5. The molecule has 19 heavy (non-hydrogen) atoms. The highest BCUT2D eigenvalue weighted by atomic mass is 32.2. The maximum Gasteiger partial charge on any atom is 0.204 e. The molecule has 1 N–H and O–H groups in total. The van der Waals surface area contributed by atoms with Crippen molar-refractivity contribution in [3.8, 4) is 11.4 Å². The largest absolute Gasteiger partial charge is 0.288 e. The van der Waals surface area contributed by atoms with Crippen molar-refractivity contribution in [1.82, 2.24) is 20.6 Å². The van der Waals surface area contributed by atoms with Crippen LogP contribution in [-0.4, -0.2) is 31.5 Å². The first-order valence-corrected chi connectivity index (χ1v) is 6.88. The molecule has 1 aromatic heterocycles. The first-order chi connectivity index (χ1) is 9.25. The highest BCUT2D eigenvalue weighted by Gasteiger charge is 2.00. The van der Waals surface area contributed by atoms with Crippen molar-refractivity contribution >= 4 is 23.0 Å². The smallest absolute Gasteiger partial charge is 0.204 e. The summed E-state index contributed by atoms with van der Waals surface area (Å²) in [6, 6.07) is 7.91. The van der Waals surface area contributed by atoms with Crippen molar-refractivity contribution in [2.45, 2.75) is 13.3 Å². The Morgan fingerprint density at radius 3 is 2.79 bits per heavy atom. The number of H-pyrrole nitrogens is 1. The number of nitrogens with one attached hydrogen (secondary N) is 1. The van der Waals surface area contributed by atoms with Gasteiger partial charge in [0.2, 0.25) is 5.82 Å². The number of aromatic amines is 1. The van der Waals surface area contributed by atoms with Crippen molar-refractivity contribution in [2.24, 2.45) is 0 Å². The fourth-order valence-electron chi connectivity index (χ4n) is 1.52. The molecule has 0 bridgehead atoms. The fourth-order valence-corrected chi connectivity index (χ4v) is 2.06. The molecule has 98 valence electrons. The molecule has 0 fully saturated rings. The van der Waals surface area contributed by atoms with Gasteiger partial charge in [-0.1, -0.05) is 48.2 Å². The first-order valence-electron chi connectivity index (χ1n) is 5.89. The Bertz CT molecular complexity index is 549. The van der Waals surface area contributed by atoms with Crippen LogP contribution in [0, 0.1) is 0 Å². The molecule has 0 amide bonds. The molecule has 0 unspecified atom stereocenters. The lowest BCUT2D eigenvalue weighted by Crippen LogP contribution is -1.84. The number of thioether (sulfide) groups is 1. The van der Waals surface area contributed by atoms with Gasteiger partial charge in [-0.2, -0.15) is 5.21 Å². The third-order valence-electron chi connectivity index (χ3n) is 2.41. The summed E-state index contributed by atoms with van der Waals surface area (Å²) >= 11 is 1.35. The molecule has 0 radical (unpaired) electrons.